The maximum Gasteiger partial charge on any atom is 0.304 e. The second-order valence-corrected chi connectivity index (χ2v) is 5.72. The molecule has 1 fully saturated rings. The molecule has 0 unspecified atom stereocenters. The van der Waals surface area contributed by atoms with Crippen molar-refractivity contribution in [1.82, 2.24) is 0 Å². The van der Waals surface area contributed by atoms with Crippen LogP contribution in [0, 0.1) is 5.82 Å². The molecule has 0 atom stereocenters. The van der Waals surface area contributed by atoms with Crippen LogP contribution in [0.5, 0.6) is 0 Å². The Hall–Kier alpha value is -1.62. The van der Waals surface area contributed by atoms with Crippen LogP contribution in [0.4, 0.5) is 10.1 Å². The van der Waals surface area contributed by atoms with Crippen molar-refractivity contribution in [3.8, 4) is 0 Å². The van der Waals surface area contributed by atoms with Crippen LogP contribution in [0.3, 0.4) is 0 Å². The lowest BCUT2D eigenvalue weighted by Gasteiger charge is -2.34. The summed E-state index contributed by atoms with van der Waals surface area (Å²) in [6, 6.07) is 4.61. The van der Waals surface area contributed by atoms with E-state index < -0.39 is 11.4 Å². The van der Waals surface area contributed by atoms with Crippen LogP contribution >= 0.6 is 0 Å². The highest BCUT2D eigenvalue weighted by atomic mass is 19.1. The largest absolute Gasteiger partial charge is 0.481 e. The normalized spacial score (nSPS) is 16.2. The number of nitrogens with zero attached hydrogens (tertiary/aromatic N) is 1. The van der Waals surface area contributed by atoms with Crippen molar-refractivity contribution in [2.45, 2.75) is 25.7 Å². The Bertz CT molecular complexity index is 496. The van der Waals surface area contributed by atoms with Crippen LogP contribution in [0.15, 0.2) is 18.2 Å². The third kappa shape index (κ3) is 3.28. The summed E-state index contributed by atoms with van der Waals surface area (Å²) in [4.78, 5) is 13.2. The third-order valence-corrected chi connectivity index (χ3v) is 3.63. The molecule has 0 aliphatic carbocycles. The van der Waals surface area contributed by atoms with Gasteiger partial charge in [-0.05, 0) is 23.8 Å². The van der Waals surface area contributed by atoms with Gasteiger partial charge in [-0.2, -0.15) is 0 Å². The molecule has 2 rings (SSSR count). The Morgan fingerprint density at radius 2 is 2.05 bits per heavy atom. The fraction of sp³-hybridized carbons (Fsp3) is 0.533. The number of ether oxygens (including phenoxy) is 1. The van der Waals surface area contributed by atoms with E-state index in [1.165, 1.54) is 12.1 Å². The van der Waals surface area contributed by atoms with Crippen molar-refractivity contribution >= 4 is 11.7 Å². The first kappa shape index (κ1) is 14.8. The van der Waals surface area contributed by atoms with Crippen molar-refractivity contribution in [3.63, 3.8) is 0 Å². The Morgan fingerprint density at radius 3 is 2.65 bits per heavy atom. The number of morpholine rings is 1. The number of anilines is 1. The highest BCUT2D eigenvalue weighted by Crippen LogP contribution is 2.35. The van der Waals surface area contributed by atoms with Gasteiger partial charge in [-0.1, -0.05) is 13.8 Å². The molecule has 1 aliphatic heterocycles. The predicted octanol–water partition coefficient (Wildman–Crippen LogP) is 2.41. The van der Waals surface area contributed by atoms with E-state index in [9.17, 15) is 9.18 Å². The molecule has 1 aromatic carbocycles. The number of hydrogen-bond acceptors (Lipinski definition) is 3. The first-order valence-electron chi connectivity index (χ1n) is 6.75. The summed E-state index contributed by atoms with van der Waals surface area (Å²) >= 11 is 0. The van der Waals surface area contributed by atoms with E-state index >= 15 is 0 Å². The maximum absolute atomic E-state index is 13.6. The van der Waals surface area contributed by atoms with Crippen LogP contribution in [0.25, 0.3) is 0 Å². The Morgan fingerprint density at radius 1 is 1.40 bits per heavy atom. The minimum Gasteiger partial charge on any atom is -0.481 e. The molecular weight excluding hydrogens is 261 g/mol. The molecule has 20 heavy (non-hydrogen) atoms. The van der Waals surface area contributed by atoms with Gasteiger partial charge in [0.1, 0.15) is 5.82 Å². The Balaban J connectivity index is 2.39. The van der Waals surface area contributed by atoms with E-state index in [1.807, 2.05) is 13.8 Å². The first-order chi connectivity index (χ1) is 9.40. The van der Waals surface area contributed by atoms with Crippen LogP contribution in [0.1, 0.15) is 25.8 Å². The van der Waals surface area contributed by atoms with Gasteiger partial charge in [0, 0.05) is 24.2 Å². The first-order valence-corrected chi connectivity index (χ1v) is 6.75. The molecule has 1 N–H and O–H groups in total. The Kier molecular flexibility index (Phi) is 4.28. The fourth-order valence-electron chi connectivity index (χ4n) is 2.60. The summed E-state index contributed by atoms with van der Waals surface area (Å²) in [5.74, 6) is -1.22. The van der Waals surface area contributed by atoms with Gasteiger partial charge >= 0.3 is 5.97 Å². The lowest BCUT2D eigenvalue weighted by Crippen LogP contribution is -2.38. The van der Waals surface area contributed by atoms with Crippen molar-refractivity contribution in [2.24, 2.45) is 0 Å². The monoisotopic (exact) mass is 281 g/mol. The lowest BCUT2D eigenvalue weighted by atomic mass is 9.80. The van der Waals surface area contributed by atoms with Gasteiger partial charge in [-0.15, -0.1) is 0 Å². The zero-order valence-corrected chi connectivity index (χ0v) is 11.9. The van der Waals surface area contributed by atoms with Gasteiger partial charge in [-0.3, -0.25) is 4.79 Å². The van der Waals surface area contributed by atoms with Gasteiger partial charge < -0.3 is 14.7 Å². The molecule has 0 aromatic heterocycles. The topological polar surface area (TPSA) is 49.8 Å². The molecule has 0 bridgehead atoms. The van der Waals surface area contributed by atoms with Crippen LogP contribution in [-0.4, -0.2) is 37.4 Å². The summed E-state index contributed by atoms with van der Waals surface area (Å²) in [5.41, 5.74) is 1.02. The Labute approximate surface area is 118 Å². The van der Waals surface area contributed by atoms with Gasteiger partial charge in [-0.25, -0.2) is 4.39 Å². The molecule has 1 saturated heterocycles. The van der Waals surface area contributed by atoms with Crippen molar-refractivity contribution in [2.75, 3.05) is 31.2 Å². The van der Waals surface area contributed by atoms with E-state index in [1.54, 1.807) is 6.07 Å². The van der Waals surface area contributed by atoms with Gasteiger partial charge in [0.15, 0.2) is 0 Å². The second kappa shape index (κ2) is 5.79. The number of carbonyl (C=O) groups is 1. The summed E-state index contributed by atoms with van der Waals surface area (Å²) in [6.45, 7) is 6.41. The summed E-state index contributed by atoms with van der Waals surface area (Å²) < 4.78 is 18.9. The molecule has 1 heterocycles. The molecular formula is C15H20FNO3. The zero-order valence-electron chi connectivity index (χ0n) is 11.9. The molecule has 0 amide bonds. The van der Waals surface area contributed by atoms with E-state index in [2.05, 4.69) is 4.90 Å². The molecule has 110 valence electrons. The zero-order chi connectivity index (χ0) is 14.8. The number of rotatable bonds is 4. The summed E-state index contributed by atoms with van der Waals surface area (Å²) in [5, 5.41) is 9.05. The SMILES string of the molecule is CC(C)(CC(=O)O)c1cc(F)ccc1N1CCOCC1. The highest BCUT2D eigenvalue weighted by Gasteiger charge is 2.29. The van der Waals surface area contributed by atoms with Crippen LogP contribution in [-0.2, 0) is 14.9 Å². The summed E-state index contributed by atoms with van der Waals surface area (Å²) in [6.07, 6.45) is -0.0339. The van der Waals surface area contributed by atoms with E-state index in [0.717, 1.165) is 24.3 Å². The number of aliphatic carboxylic acids is 1. The minimum atomic E-state index is -0.882. The van der Waals surface area contributed by atoms with Crippen LogP contribution < -0.4 is 4.90 Å². The predicted molar refractivity (Wildman–Crippen MR) is 74.7 cm³/mol. The highest BCUT2D eigenvalue weighted by molar-refractivity contribution is 5.70. The average molecular weight is 281 g/mol. The average Bonchev–Trinajstić information content (AvgIpc) is 2.38. The number of benzene rings is 1. The van der Waals surface area contributed by atoms with Crippen molar-refractivity contribution in [3.05, 3.63) is 29.6 Å². The minimum absolute atomic E-state index is 0.0339. The summed E-state index contributed by atoms with van der Waals surface area (Å²) in [7, 11) is 0. The molecule has 5 heteroatoms. The third-order valence-electron chi connectivity index (χ3n) is 3.63. The molecule has 0 spiro atoms. The molecule has 0 radical (unpaired) electrons. The van der Waals surface area contributed by atoms with Crippen LogP contribution in [0.2, 0.25) is 0 Å². The number of carboxylic acids is 1. The molecule has 4 nitrogen and oxygen atoms in total. The van der Waals surface area contributed by atoms with E-state index in [4.69, 9.17) is 9.84 Å². The number of halogens is 1. The van der Waals surface area contributed by atoms with Gasteiger partial charge in [0.05, 0.1) is 19.6 Å². The number of carboxylic acid groups (broad SMARTS) is 1. The fourth-order valence-corrected chi connectivity index (χ4v) is 2.60. The van der Waals surface area contributed by atoms with E-state index in [0.29, 0.717) is 13.2 Å². The lowest BCUT2D eigenvalue weighted by molar-refractivity contribution is -0.138. The quantitative estimate of drug-likeness (QED) is 0.921. The number of hydrogen-bond donors (Lipinski definition) is 1. The molecule has 0 saturated carbocycles. The van der Waals surface area contributed by atoms with Crippen molar-refractivity contribution < 1.29 is 19.0 Å². The second-order valence-electron chi connectivity index (χ2n) is 5.72. The van der Waals surface area contributed by atoms with Gasteiger partial charge in [0.25, 0.3) is 0 Å². The van der Waals surface area contributed by atoms with Gasteiger partial charge in [0.2, 0.25) is 0 Å². The maximum atomic E-state index is 13.6. The molecule has 1 aliphatic rings. The molecule has 1 aromatic rings. The van der Waals surface area contributed by atoms with Crippen molar-refractivity contribution in [1.29, 1.82) is 0 Å². The smallest absolute Gasteiger partial charge is 0.304 e. The standard InChI is InChI=1S/C15H20FNO3/c1-15(2,10-14(18)19)12-9-11(16)3-4-13(12)17-5-7-20-8-6-17/h3-4,9H,5-8,10H2,1-2H3,(H,18,19). The van der Waals surface area contributed by atoms with E-state index in [-0.39, 0.29) is 12.2 Å².